The number of hydrogen-bond donors (Lipinski definition) is 1. The molecule has 0 aromatic carbocycles. The summed E-state index contributed by atoms with van der Waals surface area (Å²) in [4.78, 5) is 26.2. The van der Waals surface area contributed by atoms with Crippen LogP contribution in [0.15, 0.2) is 0 Å². The lowest BCUT2D eigenvalue weighted by atomic mass is 9.74. The van der Waals surface area contributed by atoms with Gasteiger partial charge in [-0.3, -0.25) is 19.8 Å². The molecule has 1 N–H and O–H groups in total. The number of rotatable bonds is 4. The van der Waals surface area contributed by atoms with Gasteiger partial charge in [-0.1, -0.05) is 19.8 Å². The van der Waals surface area contributed by atoms with E-state index in [9.17, 15) is 9.59 Å². The van der Waals surface area contributed by atoms with Crippen molar-refractivity contribution in [3.05, 3.63) is 0 Å². The number of carbonyl (C=O) groups is 2. The summed E-state index contributed by atoms with van der Waals surface area (Å²) in [6.45, 7) is 2.17. The average molecular weight is 264 g/mol. The highest BCUT2D eigenvalue weighted by Crippen LogP contribution is 2.37. The van der Waals surface area contributed by atoms with Crippen molar-refractivity contribution >= 4 is 11.8 Å². The number of imide groups is 1. The van der Waals surface area contributed by atoms with Gasteiger partial charge in [0, 0.05) is 11.6 Å². The third kappa shape index (κ3) is 2.20. The number of likely N-dealkylation sites (tertiary alicyclic amines) is 1. The van der Waals surface area contributed by atoms with Crippen molar-refractivity contribution in [2.24, 2.45) is 0 Å². The van der Waals surface area contributed by atoms with Crippen LogP contribution in [0.1, 0.15) is 64.7 Å². The Morgan fingerprint density at radius 3 is 2.42 bits per heavy atom. The van der Waals surface area contributed by atoms with E-state index < -0.39 is 0 Å². The van der Waals surface area contributed by atoms with E-state index in [2.05, 4.69) is 12.2 Å². The summed E-state index contributed by atoms with van der Waals surface area (Å²) in [7, 11) is 0. The van der Waals surface area contributed by atoms with Crippen LogP contribution in [0.2, 0.25) is 0 Å². The second-order valence-corrected chi connectivity index (χ2v) is 6.43. The first-order valence-corrected chi connectivity index (χ1v) is 7.79. The highest BCUT2D eigenvalue weighted by molar-refractivity contribution is 6.06. The Labute approximate surface area is 114 Å². The van der Waals surface area contributed by atoms with Crippen molar-refractivity contribution in [2.45, 2.75) is 82.3 Å². The van der Waals surface area contributed by atoms with Gasteiger partial charge in [0.2, 0.25) is 11.8 Å². The molecule has 2 aliphatic carbocycles. The summed E-state index contributed by atoms with van der Waals surface area (Å²) < 4.78 is 0. The maximum Gasteiger partial charge on any atom is 0.247 e. The van der Waals surface area contributed by atoms with E-state index >= 15 is 0 Å². The summed E-state index contributed by atoms with van der Waals surface area (Å²) >= 11 is 0. The topological polar surface area (TPSA) is 49.4 Å². The van der Waals surface area contributed by atoms with Gasteiger partial charge >= 0.3 is 0 Å². The second-order valence-electron chi connectivity index (χ2n) is 6.43. The monoisotopic (exact) mass is 264 g/mol. The summed E-state index contributed by atoms with van der Waals surface area (Å²) in [5.74, 6) is 0.0802. The quantitative estimate of drug-likeness (QED) is 0.790. The van der Waals surface area contributed by atoms with Gasteiger partial charge < -0.3 is 0 Å². The van der Waals surface area contributed by atoms with E-state index in [-0.39, 0.29) is 29.4 Å². The average Bonchev–Trinajstić information content (AvgIpc) is 2.93. The summed E-state index contributed by atoms with van der Waals surface area (Å²) in [6, 6.07) is -0.0703. The van der Waals surface area contributed by atoms with Gasteiger partial charge in [-0.25, -0.2) is 0 Å². The number of amides is 2. The van der Waals surface area contributed by atoms with Gasteiger partial charge in [0.05, 0.1) is 12.5 Å². The molecule has 0 spiro atoms. The van der Waals surface area contributed by atoms with Crippen LogP contribution in [0.25, 0.3) is 0 Å². The molecule has 1 atom stereocenters. The molecule has 0 aromatic rings. The van der Waals surface area contributed by atoms with Gasteiger partial charge in [-0.15, -0.1) is 0 Å². The number of nitrogens with one attached hydrogen (secondary N) is 1. The molecule has 0 aromatic heterocycles. The standard InChI is InChI=1S/C15H24N2O2/c1-2-15(8-5-9-15)16-12-10-13(18)17(14(12)19)11-6-3-4-7-11/h11-12,16H,2-10H2,1H3. The Bertz CT molecular complexity index is 378. The zero-order chi connectivity index (χ0) is 13.5. The van der Waals surface area contributed by atoms with Gasteiger partial charge in [-0.05, 0) is 38.5 Å². The van der Waals surface area contributed by atoms with Gasteiger partial charge in [0.25, 0.3) is 0 Å². The first-order chi connectivity index (χ1) is 9.15. The molecule has 0 bridgehead atoms. The third-order valence-electron chi connectivity index (χ3n) is 5.34. The molecule has 3 fully saturated rings. The molecule has 2 amide bonds. The summed E-state index contributed by atoms with van der Waals surface area (Å²) in [5.41, 5.74) is 0.131. The molecular weight excluding hydrogens is 240 g/mol. The van der Waals surface area contributed by atoms with E-state index in [4.69, 9.17) is 0 Å². The molecule has 3 rings (SSSR count). The van der Waals surface area contributed by atoms with Crippen LogP contribution in [0.4, 0.5) is 0 Å². The lowest BCUT2D eigenvalue weighted by molar-refractivity contribution is -0.141. The van der Waals surface area contributed by atoms with E-state index in [0.29, 0.717) is 6.42 Å². The van der Waals surface area contributed by atoms with Crippen molar-refractivity contribution in [3.8, 4) is 0 Å². The Balaban J connectivity index is 1.68. The minimum absolute atomic E-state index is 0.0385. The molecule has 0 radical (unpaired) electrons. The molecule has 106 valence electrons. The molecule has 3 aliphatic rings. The molecule has 19 heavy (non-hydrogen) atoms. The fraction of sp³-hybridized carbons (Fsp3) is 0.867. The van der Waals surface area contributed by atoms with Crippen LogP contribution in [-0.2, 0) is 9.59 Å². The van der Waals surface area contributed by atoms with Crippen molar-refractivity contribution in [3.63, 3.8) is 0 Å². The van der Waals surface area contributed by atoms with Crippen molar-refractivity contribution < 1.29 is 9.59 Å². The van der Waals surface area contributed by atoms with Crippen LogP contribution in [0.3, 0.4) is 0 Å². The Morgan fingerprint density at radius 2 is 1.89 bits per heavy atom. The SMILES string of the molecule is CCC1(NC2CC(=O)N(C3CCCC3)C2=O)CCC1. The maximum absolute atomic E-state index is 12.5. The zero-order valence-corrected chi connectivity index (χ0v) is 11.8. The molecule has 1 aliphatic heterocycles. The predicted molar refractivity (Wildman–Crippen MR) is 72.5 cm³/mol. The highest BCUT2D eigenvalue weighted by Gasteiger charge is 2.47. The fourth-order valence-corrected chi connectivity index (χ4v) is 3.88. The molecule has 1 saturated heterocycles. The Morgan fingerprint density at radius 1 is 1.21 bits per heavy atom. The molecule has 4 heteroatoms. The number of carbonyl (C=O) groups excluding carboxylic acids is 2. The number of hydrogen-bond acceptors (Lipinski definition) is 3. The van der Waals surface area contributed by atoms with E-state index in [1.54, 1.807) is 4.90 Å². The lowest BCUT2D eigenvalue weighted by Gasteiger charge is -2.43. The lowest BCUT2D eigenvalue weighted by Crippen LogP contribution is -2.56. The highest BCUT2D eigenvalue weighted by atomic mass is 16.2. The van der Waals surface area contributed by atoms with Crippen LogP contribution in [0.5, 0.6) is 0 Å². The number of nitrogens with zero attached hydrogens (tertiary/aromatic N) is 1. The molecular formula is C15H24N2O2. The first-order valence-electron chi connectivity index (χ1n) is 7.79. The molecule has 2 saturated carbocycles. The van der Waals surface area contributed by atoms with E-state index in [1.807, 2.05) is 0 Å². The van der Waals surface area contributed by atoms with Crippen molar-refractivity contribution in [2.75, 3.05) is 0 Å². The minimum atomic E-state index is -0.256. The summed E-state index contributed by atoms with van der Waals surface area (Å²) in [5, 5.41) is 3.50. The predicted octanol–water partition coefficient (Wildman–Crippen LogP) is 1.98. The van der Waals surface area contributed by atoms with Crippen molar-refractivity contribution in [1.29, 1.82) is 0 Å². The molecule has 1 unspecified atom stereocenters. The summed E-state index contributed by atoms with van der Waals surface area (Å²) in [6.07, 6.45) is 9.26. The second kappa shape index (κ2) is 4.89. The molecule has 1 heterocycles. The van der Waals surface area contributed by atoms with E-state index in [1.165, 1.54) is 6.42 Å². The maximum atomic E-state index is 12.5. The Kier molecular flexibility index (Phi) is 3.37. The first kappa shape index (κ1) is 13.1. The normalized spacial score (nSPS) is 31.0. The molecule has 4 nitrogen and oxygen atoms in total. The van der Waals surface area contributed by atoms with Crippen molar-refractivity contribution in [1.82, 2.24) is 10.2 Å². The van der Waals surface area contributed by atoms with Crippen LogP contribution in [0, 0.1) is 0 Å². The largest absolute Gasteiger partial charge is 0.300 e. The fourth-order valence-electron chi connectivity index (χ4n) is 3.88. The van der Waals surface area contributed by atoms with E-state index in [0.717, 1.165) is 44.9 Å². The Hall–Kier alpha value is -0.900. The van der Waals surface area contributed by atoms with Crippen LogP contribution < -0.4 is 5.32 Å². The third-order valence-corrected chi connectivity index (χ3v) is 5.34. The smallest absolute Gasteiger partial charge is 0.247 e. The van der Waals surface area contributed by atoms with Gasteiger partial charge in [0.15, 0.2) is 0 Å². The zero-order valence-electron chi connectivity index (χ0n) is 11.8. The van der Waals surface area contributed by atoms with Crippen LogP contribution in [-0.4, -0.2) is 34.3 Å². The minimum Gasteiger partial charge on any atom is -0.300 e. The van der Waals surface area contributed by atoms with Gasteiger partial charge in [-0.2, -0.15) is 0 Å². The van der Waals surface area contributed by atoms with Crippen LogP contribution >= 0.6 is 0 Å². The van der Waals surface area contributed by atoms with Gasteiger partial charge in [0.1, 0.15) is 0 Å².